The normalized spacial score (nSPS) is 42.6. The summed E-state index contributed by atoms with van der Waals surface area (Å²) in [5.41, 5.74) is 0. The van der Waals surface area contributed by atoms with Gasteiger partial charge in [0.1, 0.15) is 4.75 Å². The maximum Gasteiger partial charge on any atom is 0.263 e. The number of hydrogen-bond donors (Lipinski definition) is 0. The number of carbonyl (C=O) groups is 2. The fourth-order valence-electron chi connectivity index (χ4n) is 5.23. The SMILES string of the molecule is CC(=O)N1CCC(C2(C)SC(C[C@H]3C[C@@H]4CC[C@H]3C4)=NC2=O)C1. The van der Waals surface area contributed by atoms with Crippen LogP contribution in [-0.4, -0.2) is 39.6 Å². The Morgan fingerprint density at radius 1 is 1.35 bits per heavy atom. The summed E-state index contributed by atoms with van der Waals surface area (Å²) in [6.07, 6.45) is 7.48. The third-order valence-electron chi connectivity index (χ3n) is 6.71. The van der Waals surface area contributed by atoms with Crippen LogP contribution in [0, 0.1) is 23.7 Å². The number of nitrogens with zero attached hydrogens (tertiary/aromatic N) is 2. The van der Waals surface area contributed by atoms with Crippen LogP contribution in [0.3, 0.4) is 0 Å². The molecule has 4 rings (SSSR count). The first-order valence-corrected chi connectivity index (χ1v) is 9.84. The van der Waals surface area contributed by atoms with E-state index in [4.69, 9.17) is 0 Å². The third-order valence-corrected chi connectivity index (χ3v) is 8.14. The second-order valence-electron chi connectivity index (χ2n) is 8.11. The van der Waals surface area contributed by atoms with E-state index in [0.717, 1.165) is 42.2 Å². The summed E-state index contributed by atoms with van der Waals surface area (Å²) in [5.74, 6) is 2.98. The topological polar surface area (TPSA) is 49.7 Å². The van der Waals surface area contributed by atoms with Crippen LogP contribution in [0.5, 0.6) is 0 Å². The number of hydrogen-bond acceptors (Lipinski definition) is 3. The number of amides is 2. The van der Waals surface area contributed by atoms with Gasteiger partial charge in [-0.15, -0.1) is 0 Å². The summed E-state index contributed by atoms with van der Waals surface area (Å²) < 4.78 is -0.447. The van der Waals surface area contributed by atoms with Gasteiger partial charge in [-0.2, -0.15) is 0 Å². The van der Waals surface area contributed by atoms with Gasteiger partial charge in [0, 0.05) is 25.9 Å². The van der Waals surface area contributed by atoms with Gasteiger partial charge < -0.3 is 4.90 Å². The van der Waals surface area contributed by atoms with E-state index in [0.29, 0.717) is 6.54 Å². The van der Waals surface area contributed by atoms with Crippen molar-refractivity contribution in [2.24, 2.45) is 28.7 Å². The number of rotatable bonds is 3. The number of thioether (sulfide) groups is 1. The van der Waals surface area contributed by atoms with Crippen molar-refractivity contribution >= 4 is 28.6 Å². The molecule has 2 aliphatic carbocycles. The fourth-order valence-corrected chi connectivity index (χ4v) is 6.63. The summed E-state index contributed by atoms with van der Waals surface area (Å²) >= 11 is 1.71. The summed E-state index contributed by atoms with van der Waals surface area (Å²) in [6.45, 7) is 5.16. The lowest BCUT2D eigenvalue weighted by Gasteiger charge is -2.28. The van der Waals surface area contributed by atoms with E-state index in [1.165, 1.54) is 25.7 Å². The Morgan fingerprint density at radius 3 is 2.78 bits per heavy atom. The molecule has 0 aromatic carbocycles. The van der Waals surface area contributed by atoms with E-state index < -0.39 is 4.75 Å². The van der Waals surface area contributed by atoms with E-state index in [1.54, 1.807) is 18.7 Å². The minimum Gasteiger partial charge on any atom is -0.343 e. The van der Waals surface area contributed by atoms with Crippen LogP contribution in [0.2, 0.25) is 0 Å². The van der Waals surface area contributed by atoms with Crippen LogP contribution < -0.4 is 0 Å². The average molecular weight is 334 g/mol. The lowest BCUT2D eigenvalue weighted by molar-refractivity contribution is -0.128. The van der Waals surface area contributed by atoms with Crippen molar-refractivity contribution in [3.05, 3.63) is 0 Å². The molecular weight excluding hydrogens is 308 g/mol. The number of aliphatic imine (C=N–C) groups is 1. The molecule has 0 N–H and O–H groups in total. The minimum atomic E-state index is -0.447. The van der Waals surface area contributed by atoms with E-state index in [-0.39, 0.29) is 17.7 Å². The molecule has 2 bridgehead atoms. The Bertz CT molecular complexity index is 575. The Morgan fingerprint density at radius 2 is 2.17 bits per heavy atom. The second kappa shape index (κ2) is 5.61. The lowest BCUT2D eigenvalue weighted by Crippen LogP contribution is -2.39. The van der Waals surface area contributed by atoms with Gasteiger partial charge in [-0.1, -0.05) is 18.2 Å². The molecule has 2 heterocycles. The van der Waals surface area contributed by atoms with Gasteiger partial charge in [0.2, 0.25) is 5.91 Å². The predicted molar refractivity (Wildman–Crippen MR) is 92.4 cm³/mol. The summed E-state index contributed by atoms with van der Waals surface area (Å²) in [7, 11) is 0. The number of fused-ring (bicyclic) bond motifs is 2. The van der Waals surface area contributed by atoms with E-state index >= 15 is 0 Å². The third kappa shape index (κ3) is 2.65. The van der Waals surface area contributed by atoms with Crippen molar-refractivity contribution in [3.63, 3.8) is 0 Å². The zero-order valence-electron chi connectivity index (χ0n) is 14.1. The summed E-state index contributed by atoms with van der Waals surface area (Å²) in [5, 5.41) is 1.07. The molecule has 0 spiro atoms. The summed E-state index contributed by atoms with van der Waals surface area (Å²) in [6, 6.07) is 0. The predicted octanol–water partition coefficient (Wildman–Crippen LogP) is 3.11. The first-order valence-electron chi connectivity index (χ1n) is 9.02. The Labute approximate surface area is 142 Å². The van der Waals surface area contributed by atoms with Crippen LogP contribution in [0.4, 0.5) is 0 Å². The van der Waals surface area contributed by atoms with Gasteiger partial charge in [-0.3, -0.25) is 9.59 Å². The Balaban J connectivity index is 1.41. The van der Waals surface area contributed by atoms with Gasteiger partial charge in [0.05, 0.1) is 5.04 Å². The smallest absolute Gasteiger partial charge is 0.263 e. The standard InChI is InChI=1S/C18H26N2O2S/c1-11(21)20-6-5-15(10-20)18(2)17(22)19-16(23-18)9-14-8-12-3-4-13(14)7-12/h12-15H,3-10H2,1-2H3/t12-,13+,14-,15?,18?/m1/s1. The van der Waals surface area contributed by atoms with Gasteiger partial charge in [0.15, 0.2) is 0 Å². The number of carbonyl (C=O) groups excluding carboxylic acids is 2. The van der Waals surface area contributed by atoms with Gasteiger partial charge in [0.25, 0.3) is 5.91 Å². The molecule has 0 radical (unpaired) electrons. The van der Waals surface area contributed by atoms with E-state index in [9.17, 15) is 9.59 Å². The summed E-state index contributed by atoms with van der Waals surface area (Å²) in [4.78, 5) is 30.5. The van der Waals surface area contributed by atoms with Gasteiger partial charge >= 0.3 is 0 Å². The molecule has 2 amide bonds. The van der Waals surface area contributed by atoms with Crippen LogP contribution in [0.1, 0.15) is 52.4 Å². The Hall–Kier alpha value is -0.840. The molecule has 0 aromatic rings. The van der Waals surface area contributed by atoms with Crippen molar-refractivity contribution in [1.29, 1.82) is 0 Å². The highest BCUT2D eigenvalue weighted by Gasteiger charge is 2.50. The average Bonchev–Trinajstić information content (AvgIpc) is 3.24. The van der Waals surface area contributed by atoms with Crippen molar-refractivity contribution in [2.45, 2.75) is 57.1 Å². The molecule has 2 unspecified atom stereocenters. The monoisotopic (exact) mass is 334 g/mol. The maximum absolute atomic E-state index is 12.6. The largest absolute Gasteiger partial charge is 0.343 e. The minimum absolute atomic E-state index is 0.0380. The molecule has 4 aliphatic rings. The van der Waals surface area contributed by atoms with Crippen molar-refractivity contribution in [2.75, 3.05) is 13.1 Å². The van der Waals surface area contributed by atoms with Gasteiger partial charge in [-0.05, 0) is 56.8 Å². The number of likely N-dealkylation sites (tertiary alicyclic amines) is 1. The highest BCUT2D eigenvalue weighted by molar-refractivity contribution is 8.16. The molecule has 5 atom stereocenters. The van der Waals surface area contributed by atoms with Crippen LogP contribution in [0.25, 0.3) is 0 Å². The maximum atomic E-state index is 12.6. The molecule has 23 heavy (non-hydrogen) atoms. The highest BCUT2D eigenvalue weighted by atomic mass is 32.2. The molecule has 0 aromatic heterocycles. The Kier molecular flexibility index (Phi) is 3.82. The van der Waals surface area contributed by atoms with Crippen LogP contribution >= 0.6 is 11.8 Å². The molecule has 5 heteroatoms. The molecule has 2 aliphatic heterocycles. The van der Waals surface area contributed by atoms with Crippen LogP contribution in [-0.2, 0) is 9.59 Å². The molecular formula is C18H26N2O2S. The van der Waals surface area contributed by atoms with Crippen molar-refractivity contribution in [3.8, 4) is 0 Å². The molecule has 126 valence electrons. The second-order valence-corrected chi connectivity index (χ2v) is 9.63. The van der Waals surface area contributed by atoms with Gasteiger partial charge in [-0.25, -0.2) is 4.99 Å². The first kappa shape index (κ1) is 15.7. The molecule has 2 saturated carbocycles. The first-order chi connectivity index (χ1) is 11.0. The van der Waals surface area contributed by atoms with Crippen LogP contribution in [0.15, 0.2) is 4.99 Å². The van der Waals surface area contributed by atoms with Crippen molar-refractivity contribution < 1.29 is 9.59 Å². The van der Waals surface area contributed by atoms with E-state index in [1.807, 2.05) is 11.8 Å². The molecule has 3 fully saturated rings. The van der Waals surface area contributed by atoms with E-state index in [2.05, 4.69) is 4.99 Å². The highest BCUT2D eigenvalue weighted by Crippen LogP contribution is 2.52. The lowest BCUT2D eigenvalue weighted by atomic mass is 9.87. The zero-order chi connectivity index (χ0) is 16.2. The quantitative estimate of drug-likeness (QED) is 0.797. The molecule has 4 nitrogen and oxygen atoms in total. The fraction of sp³-hybridized carbons (Fsp3) is 0.833. The zero-order valence-corrected chi connectivity index (χ0v) is 14.9. The molecule has 1 saturated heterocycles. The van der Waals surface area contributed by atoms with Crippen molar-refractivity contribution in [1.82, 2.24) is 4.90 Å².